The number of aromatic nitrogens is 1. The number of nitrogens with one attached hydrogen (secondary N) is 1. The molecule has 1 N–H and O–H groups in total. The van der Waals surface area contributed by atoms with E-state index >= 15 is 0 Å². The van der Waals surface area contributed by atoms with E-state index in [1.165, 1.54) is 0 Å². The van der Waals surface area contributed by atoms with E-state index in [4.69, 9.17) is 0 Å². The summed E-state index contributed by atoms with van der Waals surface area (Å²) < 4.78 is 0. The molecule has 0 spiro atoms. The van der Waals surface area contributed by atoms with Gasteiger partial charge in [0.05, 0.1) is 5.56 Å². The summed E-state index contributed by atoms with van der Waals surface area (Å²) in [6.45, 7) is 4.78. The molecule has 5 nitrogen and oxygen atoms in total. The fourth-order valence-corrected chi connectivity index (χ4v) is 3.10. The van der Waals surface area contributed by atoms with Crippen molar-refractivity contribution >= 4 is 17.5 Å². The Balaban J connectivity index is 1.87. The number of fused-ring (bicyclic) bond motifs is 1. The van der Waals surface area contributed by atoms with Crippen molar-refractivity contribution in [3.05, 3.63) is 58.9 Å². The predicted octanol–water partition coefficient (Wildman–Crippen LogP) is 2.80. The Morgan fingerprint density at radius 1 is 1.25 bits per heavy atom. The summed E-state index contributed by atoms with van der Waals surface area (Å²) in [5, 5.41) is 3.00. The standard InChI is InChI=1S/C19H21N3O2/c1-3-14-6-4-5-7-18(14)21-19(24)17-11-20-10-15-12-22(13(2)23)9-8-16(15)17/h4-7,10-11H,3,8-9,12H2,1-2H3,(H,21,24). The molecule has 0 unspecified atom stereocenters. The Bertz CT molecular complexity index is 786. The second-order valence-electron chi connectivity index (χ2n) is 5.98. The average molecular weight is 323 g/mol. The molecule has 0 atom stereocenters. The molecule has 5 heteroatoms. The average Bonchev–Trinajstić information content (AvgIpc) is 2.61. The normalized spacial score (nSPS) is 13.3. The largest absolute Gasteiger partial charge is 0.338 e. The number of nitrogens with zero attached hydrogens (tertiary/aromatic N) is 2. The molecular formula is C19H21N3O2. The van der Waals surface area contributed by atoms with Crippen LogP contribution in [0.2, 0.25) is 0 Å². The molecule has 1 aromatic heterocycles. The first-order valence-corrected chi connectivity index (χ1v) is 8.20. The lowest BCUT2D eigenvalue weighted by Gasteiger charge is -2.28. The molecule has 2 heterocycles. The number of anilines is 1. The second-order valence-corrected chi connectivity index (χ2v) is 5.98. The minimum absolute atomic E-state index is 0.0485. The van der Waals surface area contributed by atoms with Gasteiger partial charge in [-0.15, -0.1) is 0 Å². The topological polar surface area (TPSA) is 62.3 Å². The summed E-state index contributed by atoms with van der Waals surface area (Å²) in [4.78, 5) is 30.3. The third-order valence-corrected chi connectivity index (χ3v) is 4.48. The summed E-state index contributed by atoms with van der Waals surface area (Å²) in [5.74, 6) is -0.0936. The maximum atomic E-state index is 12.7. The molecule has 24 heavy (non-hydrogen) atoms. The van der Waals surface area contributed by atoms with Crippen molar-refractivity contribution in [3.63, 3.8) is 0 Å². The number of hydrogen-bond donors (Lipinski definition) is 1. The van der Waals surface area contributed by atoms with Gasteiger partial charge in [-0.25, -0.2) is 0 Å². The highest BCUT2D eigenvalue weighted by Gasteiger charge is 2.23. The first-order valence-electron chi connectivity index (χ1n) is 8.20. The van der Waals surface area contributed by atoms with Crippen LogP contribution >= 0.6 is 0 Å². The molecule has 0 saturated carbocycles. The lowest BCUT2D eigenvalue weighted by molar-refractivity contribution is -0.129. The van der Waals surface area contributed by atoms with Gasteiger partial charge in [0.2, 0.25) is 5.91 Å². The Hall–Kier alpha value is -2.69. The van der Waals surface area contributed by atoms with Crippen LogP contribution in [-0.2, 0) is 24.2 Å². The Morgan fingerprint density at radius 3 is 2.79 bits per heavy atom. The van der Waals surface area contributed by atoms with E-state index in [1.54, 1.807) is 24.2 Å². The van der Waals surface area contributed by atoms with Crippen molar-refractivity contribution < 1.29 is 9.59 Å². The number of aryl methyl sites for hydroxylation is 1. The van der Waals surface area contributed by atoms with Crippen molar-refractivity contribution in [1.29, 1.82) is 0 Å². The van der Waals surface area contributed by atoms with Gasteiger partial charge in [0.25, 0.3) is 5.91 Å². The van der Waals surface area contributed by atoms with E-state index in [-0.39, 0.29) is 11.8 Å². The zero-order valence-electron chi connectivity index (χ0n) is 14.0. The number of hydrogen-bond acceptors (Lipinski definition) is 3. The molecule has 0 radical (unpaired) electrons. The number of carbonyl (C=O) groups excluding carboxylic acids is 2. The SMILES string of the molecule is CCc1ccccc1NC(=O)c1cncc2c1CCN(C(C)=O)C2. The molecule has 1 aliphatic rings. The zero-order chi connectivity index (χ0) is 17.1. The van der Waals surface area contributed by atoms with Crippen LogP contribution in [-0.4, -0.2) is 28.2 Å². The van der Waals surface area contributed by atoms with Crippen LogP contribution in [0.4, 0.5) is 5.69 Å². The second kappa shape index (κ2) is 6.83. The third kappa shape index (κ3) is 3.15. The van der Waals surface area contributed by atoms with Gasteiger partial charge in [0, 0.05) is 38.1 Å². The summed E-state index contributed by atoms with van der Waals surface area (Å²) in [6, 6.07) is 7.81. The Morgan fingerprint density at radius 2 is 2.04 bits per heavy atom. The van der Waals surface area contributed by atoms with Crippen LogP contribution in [0.15, 0.2) is 36.7 Å². The van der Waals surface area contributed by atoms with Crippen LogP contribution < -0.4 is 5.32 Å². The highest BCUT2D eigenvalue weighted by atomic mass is 16.2. The van der Waals surface area contributed by atoms with Crippen molar-refractivity contribution in [3.8, 4) is 0 Å². The number of rotatable bonds is 3. The molecule has 1 aliphatic heterocycles. The maximum Gasteiger partial charge on any atom is 0.257 e. The quantitative estimate of drug-likeness (QED) is 0.945. The van der Waals surface area contributed by atoms with Crippen LogP contribution in [0.5, 0.6) is 0 Å². The lowest BCUT2D eigenvalue weighted by atomic mass is 9.96. The van der Waals surface area contributed by atoms with Gasteiger partial charge < -0.3 is 10.2 Å². The molecule has 2 amide bonds. The van der Waals surface area contributed by atoms with Crippen molar-refractivity contribution in [1.82, 2.24) is 9.88 Å². The molecule has 2 aromatic rings. The molecular weight excluding hydrogens is 302 g/mol. The molecule has 0 aliphatic carbocycles. The fourth-order valence-electron chi connectivity index (χ4n) is 3.10. The minimum atomic E-state index is -0.142. The summed E-state index contributed by atoms with van der Waals surface area (Å²) >= 11 is 0. The van der Waals surface area contributed by atoms with Gasteiger partial charge in [-0.05, 0) is 35.6 Å². The van der Waals surface area contributed by atoms with Gasteiger partial charge in [-0.1, -0.05) is 25.1 Å². The van der Waals surface area contributed by atoms with Gasteiger partial charge in [0.15, 0.2) is 0 Å². The van der Waals surface area contributed by atoms with Gasteiger partial charge in [-0.3, -0.25) is 14.6 Å². The first kappa shape index (κ1) is 16.2. The maximum absolute atomic E-state index is 12.7. The Kier molecular flexibility index (Phi) is 4.60. The van der Waals surface area contributed by atoms with E-state index in [0.717, 1.165) is 28.8 Å². The van der Waals surface area contributed by atoms with Crippen molar-refractivity contribution in [2.45, 2.75) is 33.2 Å². The number of pyridine rings is 1. The van der Waals surface area contributed by atoms with Crippen LogP contribution in [0.1, 0.15) is 40.9 Å². The third-order valence-electron chi connectivity index (χ3n) is 4.48. The van der Waals surface area contributed by atoms with E-state index in [9.17, 15) is 9.59 Å². The molecule has 1 aromatic carbocycles. The van der Waals surface area contributed by atoms with E-state index in [1.807, 2.05) is 24.3 Å². The van der Waals surface area contributed by atoms with Crippen LogP contribution in [0.3, 0.4) is 0 Å². The van der Waals surface area contributed by atoms with E-state index in [0.29, 0.717) is 25.1 Å². The number of amides is 2. The zero-order valence-corrected chi connectivity index (χ0v) is 14.0. The smallest absolute Gasteiger partial charge is 0.257 e. The van der Waals surface area contributed by atoms with Gasteiger partial charge in [-0.2, -0.15) is 0 Å². The molecule has 0 saturated heterocycles. The van der Waals surface area contributed by atoms with E-state index < -0.39 is 0 Å². The summed E-state index contributed by atoms with van der Waals surface area (Å²) in [5.41, 5.74) is 4.48. The number of para-hydroxylation sites is 1. The first-order chi connectivity index (χ1) is 11.6. The van der Waals surface area contributed by atoms with Crippen molar-refractivity contribution in [2.75, 3.05) is 11.9 Å². The highest BCUT2D eigenvalue weighted by Crippen LogP contribution is 2.23. The summed E-state index contributed by atoms with van der Waals surface area (Å²) in [7, 11) is 0. The monoisotopic (exact) mass is 323 g/mol. The minimum Gasteiger partial charge on any atom is -0.338 e. The number of carbonyl (C=O) groups is 2. The fraction of sp³-hybridized carbons (Fsp3) is 0.316. The predicted molar refractivity (Wildman–Crippen MR) is 92.8 cm³/mol. The summed E-state index contributed by atoms with van der Waals surface area (Å²) in [6.07, 6.45) is 4.90. The van der Waals surface area contributed by atoms with E-state index in [2.05, 4.69) is 17.2 Å². The molecule has 3 rings (SSSR count). The molecule has 0 fully saturated rings. The van der Waals surface area contributed by atoms with Crippen LogP contribution in [0.25, 0.3) is 0 Å². The van der Waals surface area contributed by atoms with Crippen molar-refractivity contribution in [2.24, 2.45) is 0 Å². The number of benzene rings is 1. The van der Waals surface area contributed by atoms with Crippen LogP contribution in [0, 0.1) is 0 Å². The Labute approximate surface area is 141 Å². The highest BCUT2D eigenvalue weighted by molar-refractivity contribution is 6.05. The lowest BCUT2D eigenvalue weighted by Crippen LogP contribution is -2.35. The van der Waals surface area contributed by atoms with Gasteiger partial charge >= 0.3 is 0 Å². The van der Waals surface area contributed by atoms with Gasteiger partial charge in [0.1, 0.15) is 0 Å². The molecule has 124 valence electrons. The molecule has 0 bridgehead atoms.